The van der Waals surface area contributed by atoms with Gasteiger partial charge in [0.05, 0.1) is 33.0 Å². The smallest absolute Gasteiger partial charge is 0.407 e. The molecule has 0 unspecified atom stereocenters. The highest BCUT2D eigenvalue weighted by Gasteiger charge is 2.15. The zero-order valence-electron chi connectivity index (χ0n) is 12.7. The molecule has 20 heavy (non-hydrogen) atoms. The molecule has 120 valence electrons. The van der Waals surface area contributed by atoms with Crippen LogP contribution in [0.1, 0.15) is 20.8 Å². The lowest BCUT2D eigenvalue weighted by Crippen LogP contribution is -2.34. The average molecular weight is 292 g/mol. The van der Waals surface area contributed by atoms with Crippen molar-refractivity contribution in [3.63, 3.8) is 0 Å². The molecule has 0 aromatic carbocycles. The lowest BCUT2D eigenvalue weighted by Gasteiger charge is -2.19. The van der Waals surface area contributed by atoms with E-state index in [1.165, 1.54) is 0 Å². The molecule has 0 aliphatic rings. The van der Waals surface area contributed by atoms with Gasteiger partial charge in [-0.15, -0.1) is 0 Å². The van der Waals surface area contributed by atoms with E-state index < -0.39 is 11.7 Å². The van der Waals surface area contributed by atoms with E-state index in [2.05, 4.69) is 10.6 Å². The second-order valence-corrected chi connectivity index (χ2v) is 5.13. The number of rotatable bonds is 11. The van der Waals surface area contributed by atoms with Crippen molar-refractivity contribution in [2.75, 3.05) is 52.7 Å². The number of aliphatic hydroxyl groups is 1. The Morgan fingerprint density at radius 2 is 1.60 bits per heavy atom. The Morgan fingerprint density at radius 3 is 2.15 bits per heavy atom. The summed E-state index contributed by atoms with van der Waals surface area (Å²) in [6, 6.07) is 0. The number of ether oxygens (including phenoxy) is 3. The van der Waals surface area contributed by atoms with Crippen LogP contribution in [-0.2, 0) is 14.2 Å². The van der Waals surface area contributed by atoms with Crippen molar-refractivity contribution in [3.8, 4) is 0 Å². The summed E-state index contributed by atoms with van der Waals surface area (Å²) in [5.74, 6) is 0. The normalized spacial score (nSPS) is 11.4. The number of amides is 1. The fourth-order valence-electron chi connectivity index (χ4n) is 1.21. The Kier molecular flexibility index (Phi) is 11.4. The zero-order valence-corrected chi connectivity index (χ0v) is 12.7. The summed E-state index contributed by atoms with van der Waals surface area (Å²) >= 11 is 0. The molecule has 7 nitrogen and oxygen atoms in total. The third kappa shape index (κ3) is 15.2. The minimum Gasteiger partial charge on any atom is -0.444 e. The fraction of sp³-hybridized carbons (Fsp3) is 0.923. The Hall–Kier alpha value is -0.890. The molecule has 0 aliphatic carbocycles. The van der Waals surface area contributed by atoms with E-state index in [0.29, 0.717) is 46.1 Å². The Balaban J connectivity index is 3.19. The van der Waals surface area contributed by atoms with Gasteiger partial charge in [-0.2, -0.15) is 0 Å². The van der Waals surface area contributed by atoms with Gasteiger partial charge in [-0.05, 0) is 20.8 Å². The van der Waals surface area contributed by atoms with E-state index in [4.69, 9.17) is 19.3 Å². The Morgan fingerprint density at radius 1 is 1.00 bits per heavy atom. The largest absolute Gasteiger partial charge is 0.444 e. The number of carbonyl (C=O) groups is 1. The van der Waals surface area contributed by atoms with Gasteiger partial charge in [0, 0.05) is 19.6 Å². The van der Waals surface area contributed by atoms with Crippen molar-refractivity contribution in [2.24, 2.45) is 0 Å². The first-order valence-corrected chi connectivity index (χ1v) is 6.89. The van der Waals surface area contributed by atoms with Crippen LogP contribution in [0.5, 0.6) is 0 Å². The van der Waals surface area contributed by atoms with Crippen molar-refractivity contribution in [3.05, 3.63) is 0 Å². The third-order valence-electron chi connectivity index (χ3n) is 2.00. The molecule has 1 amide bonds. The number of carbonyl (C=O) groups excluding carboxylic acids is 1. The monoisotopic (exact) mass is 292 g/mol. The number of hydrogen-bond acceptors (Lipinski definition) is 6. The molecule has 0 aromatic rings. The second-order valence-electron chi connectivity index (χ2n) is 5.13. The first kappa shape index (κ1) is 19.1. The lowest BCUT2D eigenvalue weighted by atomic mass is 10.2. The zero-order chi connectivity index (χ0) is 15.3. The second kappa shape index (κ2) is 11.9. The minimum absolute atomic E-state index is 0.133. The molecule has 0 atom stereocenters. The molecular formula is C13H28N2O5. The standard InChI is InChI=1S/C13H28N2O5/c1-13(2,3)20-12(17)15-6-9-19-11-10-18-8-5-14-4-7-16/h14,16H,4-11H2,1-3H3,(H,15,17). The molecule has 0 fully saturated rings. The Bertz CT molecular complexity index is 243. The summed E-state index contributed by atoms with van der Waals surface area (Å²) in [7, 11) is 0. The molecule has 0 spiro atoms. The predicted octanol–water partition coefficient (Wildman–Crippen LogP) is 0.126. The van der Waals surface area contributed by atoms with Crippen LogP contribution >= 0.6 is 0 Å². The van der Waals surface area contributed by atoms with Crippen LogP contribution in [0.15, 0.2) is 0 Å². The van der Waals surface area contributed by atoms with Gasteiger partial charge in [0.1, 0.15) is 5.60 Å². The molecule has 0 saturated carbocycles. The summed E-state index contributed by atoms with van der Waals surface area (Å²) in [4.78, 5) is 11.3. The van der Waals surface area contributed by atoms with Crippen molar-refractivity contribution in [1.29, 1.82) is 0 Å². The van der Waals surface area contributed by atoms with Gasteiger partial charge in [0.15, 0.2) is 0 Å². The summed E-state index contributed by atoms with van der Waals surface area (Å²) in [5, 5.41) is 14.1. The molecule has 0 rings (SSSR count). The van der Waals surface area contributed by atoms with Crippen molar-refractivity contribution in [2.45, 2.75) is 26.4 Å². The maximum atomic E-state index is 11.3. The van der Waals surface area contributed by atoms with Gasteiger partial charge >= 0.3 is 6.09 Å². The highest BCUT2D eigenvalue weighted by Crippen LogP contribution is 2.05. The number of hydrogen-bond donors (Lipinski definition) is 3. The first-order chi connectivity index (χ1) is 9.45. The average Bonchev–Trinajstić information content (AvgIpc) is 2.34. The van der Waals surface area contributed by atoms with Crippen molar-refractivity contribution >= 4 is 6.09 Å². The maximum absolute atomic E-state index is 11.3. The van der Waals surface area contributed by atoms with Gasteiger partial charge < -0.3 is 30.0 Å². The molecular weight excluding hydrogens is 264 g/mol. The maximum Gasteiger partial charge on any atom is 0.407 e. The van der Waals surface area contributed by atoms with E-state index >= 15 is 0 Å². The van der Waals surface area contributed by atoms with E-state index in [-0.39, 0.29) is 6.61 Å². The molecule has 0 bridgehead atoms. The van der Waals surface area contributed by atoms with Gasteiger partial charge in [0.25, 0.3) is 0 Å². The quantitative estimate of drug-likeness (QED) is 0.469. The van der Waals surface area contributed by atoms with Crippen LogP contribution in [0.2, 0.25) is 0 Å². The number of aliphatic hydroxyl groups excluding tert-OH is 1. The van der Waals surface area contributed by atoms with Gasteiger partial charge in [-0.1, -0.05) is 0 Å². The number of nitrogens with one attached hydrogen (secondary N) is 2. The molecule has 0 aliphatic heterocycles. The number of alkyl carbamates (subject to hydrolysis) is 1. The van der Waals surface area contributed by atoms with Crippen LogP contribution < -0.4 is 10.6 Å². The SMILES string of the molecule is CC(C)(C)OC(=O)NCCOCCOCCNCCO. The fourth-order valence-corrected chi connectivity index (χ4v) is 1.21. The summed E-state index contributed by atoms with van der Waals surface area (Å²) < 4.78 is 15.7. The highest BCUT2D eigenvalue weighted by molar-refractivity contribution is 5.67. The summed E-state index contributed by atoms with van der Waals surface area (Å²) in [5.41, 5.74) is -0.483. The van der Waals surface area contributed by atoms with Gasteiger partial charge in [-0.3, -0.25) is 0 Å². The van der Waals surface area contributed by atoms with Crippen LogP contribution in [-0.4, -0.2) is 69.5 Å². The summed E-state index contributed by atoms with van der Waals surface area (Å²) in [6.45, 7) is 9.27. The highest BCUT2D eigenvalue weighted by atomic mass is 16.6. The van der Waals surface area contributed by atoms with E-state index in [9.17, 15) is 4.79 Å². The first-order valence-electron chi connectivity index (χ1n) is 6.89. The topological polar surface area (TPSA) is 89.1 Å². The van der Waals surface area contributed by atoms with E-state index in [0.717, 1.165) is 0 Å². The summed E-state index contributed by atoms with van der Waals surface area (Å²) in [6.07, 6.45) is -0.438. The minimum atomic E-state index is -0.483. The molecule has 3 N–H and O–H groups in total. The molecule has 7 heteroatoms. The van der Waals surface area contributed by atoms with E-state index in [1.807, 2.05) is 20.8 Å². The predicted molar refractivity (Wildman–Crippen MR) is 75.8 cm³/mol. The van der Waals surface area contributed by atoms with Crippen LogP contribution in [0, 0.1) is 0 Å². The molecule has 0 radical (unpaired) electrons. The molecule has 0 aromatic heterocycles. The lowest BCUT2D eigenvalue weighted by molar-refractivity contribution is 0.0402. The van der Waals surface area contributed by atoms with Crippen molar-refractivity contribution < 1.29 is 24.1 Å². The van der Waals surface area contributed by atoms with Crippen LogP contribution in [0.4, 0.5) is 4.79 Å². The molecule has 0 heterocycles. The molecule has 0 saturated heterocycles. The Labute approximate surface area is 121 Å². The van der Waals surface area contributed by atoms with Crippen LogP contribution in [0.25, 0.3) is 0 Å². The van der Waals surface area contributed by atoms with Gasteiger partial charge in [0.2, 0.25) is 0 Å². The van der Waals surface area contributed by atoms with E-state index in [1.54, 1.807) is 0 Å². The van der Waals surface area contributed by atoms with Crippen molar-refractivity contribution in [1.82, 2.24) is 10.6 Å². The van der Waals surface area contributed by atoms with Crippen LogP contribution in [0.3, 0.4) is 0 Å². The van der Waals surface area contributed by atoms with Gasteiger partial charge in [-0.25, -0.2) is 4.79 Å². The third-order valence-corrected chi connectivity index (χ3v) is 2.00.